The number of nitrogens with zero attached hydrogens (tertiary/aromatic N) is 1. The Labute approximate surface area is 123 Å². The highest BCUT2D eigenvalue weighted by Crippen LogP contribution is 2.17. The van der Waals surface area contributed by atoms with Crippen molar-refractivity contribution in [3.8, 4) is 0 Å². The maximum atomic E-state index is 11.0. The molecular formula is C16H18N2O3. The third-order valence-electron chi connectivity index (χ3n) is 3.31. The Hall–Kier alpha value is -2.24. The number of nitrogens with one attached hydrogen (secondary N) is 1. The number of hydrogen-bond donors (Lipinski definition) is 2. The first-order valence-electron chi connectivity index (χ1n) is 6.81. The van der Waals surface area contributed by atoms with Gasteiger partial charge in [-0.1, -0.05) is 48.5 Å². The predicted octanol–water partition coefficient (Wildman–Crippen LogP) is 2.29. The van der Waals surface area contributed by atoms with Crippen LogP contribution in [-0.2, 0) is 13.0 Å². The first kappa shape index (κ1) is 15.2. The summed E-state index contributed by atoms with van der Waals surface area (Å²) >= 11 is 0. The minimum atomic E-state index is -0.387. The fourth-order valence-electron chi connectivity index (χ4n) is 2.19. The van der Waals surface area contributed by atoms with Gasteiger partial charge in [-0.15, -0.1) is 0 Å². The maximum absolute atomic E-state index is 11.0. The van der Waals surface area contributed by atoms with Crippen molar-refractivity contribution in [1.29, 1.82) is 0 Å². The van der Waals surface area contributed by atoms with E-state index in [4.69, 9.17) is 0 Å². The molecule has 0 radical (unpaired) electrons. The summed E-state index contributed by atoms with van der Waals surface area (Å²) in [5.74, 6) is 0. The van der Waals surface area contributed by atoms with Crippen LogP contribution < -0.4 is 5.32 Å². The number of aliphatic hydroxyl groups is 1. The van der Waals surface area contributed by atoms with Crippen molar-refractivity contribution >= 4 is 5.69 Å². The molecule has 0 aliphatic rings. The monoisotopic (exact) mass is 286 g/mol. The molecule has 2 aromatic rings. The first-order chi connectivity index (χ1) is 10.2. The third-order valence-corrected chi connectivity index (χ3v) is 3.31. The van der Waals surface area contributed by atoms with E-state index >= 15 is 0 Å². The van der Waals surface area contributed by atoms with Crippen molar-refractivity contribution in [3.63, 3.8) is 0 Å². The fourth-order valence-corrected chi connectivity index (χ4v) is 2.19. The number of nitro groups is 1. The molecule has 21 heavy (non-hydrogen) atoms. The molecule has 0 spiro atoms. The molecular weight excluding hydrogens is 268 g/mol. The lowest BCUT2D eigenvalue weighted by Gasteiger charge is -2.16. The molecule has 0 unspecified atom stereocenters. The summed E-state index contributed by atoms with van der Waals surface area (Å²) in [6, 6.07) is 16.3. The van der Waals surface area contributed by atoms with Crippen molar-refractivity contribution in [1.82, 2.24) is 5.32 Å². The maximum Gasteiger partial charge on any atom is 0.273 e. The molecule has 1 atom stereocenters. The minimum Gasteiger partial charge on any atom is -0.395 e. The zero-order valence-electron chi connectivity index (χ0n) is 11.6. The van der Waals surface area contributed by atoms with Gasteiger partial charge in [0.2, 0.25) is 0 Å². The smallest absolute Gasteiger partial charge is 0.273 e. The van der Waals surface area contributed by atoms with E-state index in [-0.39, 0.29) is 23.3 Å². The number of hydrogen-bond acceptors (Lipinski definition) is 4. The zero-order valence-corrected chi connectivity index (χ0v) is 11.6. The van der Waals surface area contributed by atoms with Crippen LogP contribution in [0, 0.1) is 10.1 Å². The van der Waals surface area contributed by atoms with Gasteiger partial charge in [-0.05, 0) is 12.0 Å². The van der Waals surface area contributed by atoms with Crippen molar-refractivity contribution in [2.75, 3.05) is 6.61 Å². The van der Waals surface area contributed by atoms with Gasteiger partial charge in [0.25, 0.3) is 5.69 Å². The van der Waals surface area contributed by atoms with E-state index in [2.05, 4.69) is 5.32 Å². The summed E-state index contributed by atoms with van der Waals surface area (Å²) in [6.45, 7) is 0.338. The van der Waals surface area contributed by atoms with Crippen molar-refractivity contribution in [2.24, 2.45) is 0 Å². The number of nitro benzene ring substituents is 1. The zero-order chi connectivity index (χ0) is 15.1. The summed E-state index contributed by atoms with van der Waals surface area (Å²) in [6.07, 6.45) is 0.679. The van der Waals surface area contributed by atoms with Gasteiger partial charge in [0.05, 0.1) is 11.5 Å². The number of para-hydroxylation sites is 1. The van der Waals surface area contributed by atoms with Gasteiger partial charge in [-0.2, -0.15) is 0 Å². The highest BCUT2D eigenvalue weighted by Gasteiger charge is 2.14. The van der Waals surface area contributed by atoms with Crippen molar-refractivity contribution in [2.45, 2.75) is 19.0 Å². The number of benzene rings is 2. The van der Waals surface area contributed by atoms with Crippen LogP contribution in [0.1, 0.15) is 11.1 Å². The Morgan fingerprint density at radius 2 is 1.76 bits per heavy atom. The van der Waals surface area contributed by atoms with Crippen molar-refractivity contribution < 1.29 is 10.0 Å². The summed E-state index contributed by atoms with van der Waals surface area (Å²) in [5, 5.41) is 23.6. The average Bonchev–Trinajstić information content (AvgIpc) is 2.52. The molecule has 0 heterocycles. The van der Waals surface area contributed by atoms with E-state index in [0.29, 0.717) is 18.5 Å². The highest BCUT2D eigenvalue weighted by molar-refractivity contribution is 5.39. The van der Waals surface area contributed by atoms with Gasteiger partial charge < -0.3 is 10.4 Å². The lowest BCUT2D eigenvalue weighted by Crippen LogP contribution is -2.34. The summed E-state index contributed by atoms with van der Waals surface area (Å²) in [5.41, 5.74) is 1.84. The SMILES string of the molecule is O=[N+]([O-])c1ccccc1CN[C@@H](CO)Cc1ccccc1. The van der Waals surface area contributed by atoms with E-state index in [1.54, 1.807) is 18.2 Å². The van der Waals surface area contributed by atoms with Crippen LogP contribution in [-0.4, -0.2) is 22.7 Å². The van der Waals surface area contributed by atoms with Gasteiger partial charge in [0.15, 0.2) is 0 Å². The van der Waals surface area contributed by atoms with Crippen LogP contribution in [0.5, 0.6) is 0 Å². The Morgan fingerprint density at radius 1 is 1.10 bits per heavy atom. The molecule has 0 fully saturated rings. The van der Waals surface area contributed by atoms with E-state index in [1.807, 2.05) is 30.3 Å². The predicted molar refractivity (Wildman–Crippen MR) is 81.0 cm³/mol. The van der Waals surface area contributed by atoms with E-state index in [1.165, 1.54) is 6.07 Å². The number of rotatable bonds is 7. The molecule has 2 N–H and O–H groups in total. The molecule has 0 aliphatic carbocycles. The molecule has 0 saturated carbocycles. The molecule has 5 heteroatoms. The third kappa shape index (κ3) is 4.37. The summed E-state index contributed by atoms with van der Waals surface area (Å²) in [7, 11) is 0. The first-order valence-corrected chi connectivity index (χ1v) is 6.81. The lowest BCUT2D eigenvalue weighted by molar-refractivity contribution is -0.385. The number of aliphatic hydroxyl groups excluding tert-OH is 1. The second-order valence-electron chi connectivity index (χ2n) is 4.84. The highest BCUT2D eigenvalue weighted by atomic mass is 16.6. The van der Waals surface area contributed by atoms with Crippen molar-refractivity contribution in [3.05, 3.63) is 75.8 Å². The van der Waals surface area contributed by atoms with Crippen LogP contribution in [0.15, 0.2) is 54.6 Å². The summed E-state index contributed by atoms with van der Waals surface area (Å²) < 4.78 is 0. The van der Waals surface area contributed by atoms with Crippen LogP contribution in [0.25, 0.3) is 0 Å². The molecule has 110 valence electrons. The van der Waals surface area contributed by atoms with E-state index in [9.17, 15) is 15.2 Å². The second kappa shape index (κ2) is 7.52. The minimum absolute atomic E-state index is 0.0183. The largest absolute Gasteiger partial charge is 0.395 e. The van der Waals surface area contributed by atoms with Gasteiger partial charge >= 0.3 is 0 Å². The Morgan fingerprint density at radius 3 is 2.43 bits per heavy atom. The average molecular weight is 286 g/mol. The van der Waals surface area contributed by atoms with Crippen LogP contribution in [0.4, 0.5) is 5.69 Å². The Kier molecular flexibility index (Phi) is 5.43. The lowest BCUT2D eigenvalue weighted by atomic mass is 10.1. The molecule has 0 amide bonds. The van der Waals surface area contributed by atoms with E-state index < -0.39 is 0 Å². The molecule has 2 aromatic carbocycles. The van der Waals surface area contributed by atoms with E-state index in [0.717, 1.165) is 5.56 Å². The summed E-state index contributed by atoms with van der Waals surface area (Å²) in [4.78, 5) is 10.6. The van der Waals surface area contributed by atoms with Gasteiger partial charge in [-0.3, -0.25) is 10.1 Å². The van der Waals surface area contributed by atoms with Gasteiger partial charge in [0.1, 0.15) is 0 Å². The van der Waals surface area contributed by atoms with Gasteiger partial charge in [0, 0.05) is 24.2 Å². The Balaban J connectivity index is 1.99. The van der Waals surface area contributed by atoms with Crippen LogP contribution >= 0.6 is 0 Å². The quantitative estimate of drug-likeness (QED) is 0.605. The Bertz CT molecular complexity index is 587. The van der Waals surface area contributed by atoms with Crippen LogP contribution in [0.2, 0.25) is 0 Å². The van der Waals surface area contributed by atoms with Gasteiger partial charge in [-0.25, -0.2) is 0 Å². The topological polar surface area (TPSA) is 75.4 Å². The molecule has 0 aliphatic heterocycles. The molecule has 5 nitrogen and oxygen atoms in total. The molecule has 0 saturated heterocycles. The fraction of sp³-hybridized carbons (Fsp3) is 0.250. The van der Waals surface area contributed by atoms with Crippen LogP contribution in [0.3, 0.4) is 0 Å². The second-order valence-corrected chi connectivity index (χ2v) is 4.84. The standard InChI is InChI=1S/C16H18N2O3/c19-12-15(10-13-6-2-1-3-7-13)17-11-14-8-4-5-9-16(14)18(20)21/h1-9,15,17,19H,10-12H2/t15-/m1/s1. The molecule has 2 rings (SSSR count). The molecule has 0 bridgehead atoms. The normalized spacial score (nSPS) is 12.0. The molecule has 0 aromatic heterocycles.